The van der Waals surface area contributed by atoms with E-state index in [2.05, 4.69) is 9.71 Å². The van der Waals surface area contributed by atoms with Crippen LogP contribution in [0.15, 0.2) is 45.7 Å². The van der Waals surface area contributed by atoms with E-state index in [1.807, 2.05) is 9.80 Å². The van der Waals surface area contributed by atoms with Gasteiger partial charge in [0.05, 0.1) is 17.8 Å². The average Bonchev–Trinajstić information content (AvgIpc) is 2.70. The van der Waals surface area contributed by atoms with Gasteiger partial charge in [0.1, 0.15) is 16.5 Å². The van der Waals surface area contributed by atoms with E-state index >= 15 is 0 Å². The Hall–Kier alpha value is -2.21. The van der Waals surface area contributed by atoms with Gasteiger partial charge in [0.2, 0.25) is 0 Å². The fraction of sp³-hybridized carbons (Fsp3) is 0.350. The topological polar surface area (TPSA) is 65.0 Å². The lowest BCUT2D eigenvalue weighted by Gasteiger charge is -2.35. The molecule has 12 heteroatoms. The van der Waals surface area contributed by atoms with Crippen LogP contribution < -0.4 is 5.32 Å². The molecule has 1 fully saturated rings. The van der Waals surface area contributed by atoms with Crippen LogP contribution in [0.1, 0.15) is 11.1 Å². The van der Waals surface area contributed by atoms with Crippen molar-refractivity contribution in [2.75, 3.05) is 38.0 Å². The molecule has 172 valence electrons. The lowest BCUT2D eigenvalue weighted by molar-refractivity contribution is -0.137. The molecule has 2 heterocycles. The fourth-order valence-corrected chi connectivity index (χ4v) is 5.09. The van der Waals surface area contributed by atoms with Crippen molar-refractivity contribution in [1.82, 2.24) is 9.80 Å². The van der Waals surface area contributed by atoms with Gasteiger partial charge in [0.25, 0.3) is 10.0 Å². The van der Waals surface area contributed by atoms with E-state index in [9.17, 15) is 26.0 Å². The molecule has 0 saturated carbocycles. The monoisotopic (exact) mass is 490 g/mol. The number of sulfonamides is 1. The Labute approximate surface area is 187 Å². The lowest BCUT2D eigenvalue weighted by atomic mass is 10.1. The maximum absolute atomic E-state index is 14.0. The van der Waals surface area contributed by atoms with Gasteiger partial charge in [-0.2, -0.15) is 21.6 Å². The summed E-state index contributed by atoms with van der Waals surface area (Å²) in [6.07, 6.45) is -4.53. The first kappa shape index (κ1) is 23.0. The van der Waals surface area contributed by atoms with Crippen molar-refractivity contribution in [2.24, 2.45) is 4.40 Å². The molecule has 2 aromatic rings. The van der Waals surface area contributed by atoms with E-state index in [4.69, 9.17) is 11.6 Å². The Bertz CT molecular complexity index is 1160. The predicted molar refractivity (Wildman–Crippen MR) is 113 cm³/mol. The minimum absolute atomic E-state index is 0.00652. The van der Waals surface area contributed by atoms with Gasteiger partial charge in [-0.3, -0.25) is 9.80 Å². The highest BCUT2D eigenvalue weighted by Crippen LogP contribution is 2.31. The molecule has 1 saturated heterocycles. The third-order valence-electron chi connectivity index (χ3n) is 5.34. The minimum Gasteiger partial charge on any atom is -0.341 e. The Morgan fingerprint density at radius 1 is 1.00 bits per heavy atom. The molecule has 0 radical (unpaired) electrons. The number of nitrogens with one attached hydrogen (secondary N) is 1. The van der Waals surface area contributed by atoms with Crippen LogP contribution in [0.3, 0.4) is 0 Å². The standard InChI is InChI=1S/C20H19ClF4N4O2S/c21-15-2-4-17-18(10-15)32(30,31)27-19(26-17)12-29-7-5-28(6-8-29)11-13-9-14(20(23,24)25)1-3-16(13)22/h1-4,9-10H,5-8,11-12H2,(H,26,27). The number of rotatable bonds is 4. The van der Waals surface area contributed by atoms with Gasteiger partial charge in [-0.15, -0.1) is 4.40 Å². The van der Waals surface area contributed by atoms with E-state index in [1.165, 1.54) is 6.07 Å². The predicted octanol–water partition coefficient (Wildman–Crippen LogP) is 3.83. The van der Waals surface area contributed by atoms with Gasteiger partial charge < -0.3 is 5.32 Å². The number of halogens is 5. The Morgan fingerprint density at radius 2 is 1.66 bits per heavy atom. The van der Waals surface area contributed by atoms with Crippen LogP contribution >= 0.6 is 11.6 Å². The van der Waals surface area contributed by atoms with Crippen molar-refractivity contribution in [2.45, 2.75) is 17.6 Å². The molecular weight excluding hydrogens is 472 g/mol. The molecule has 0 amide bonds. The molecule has 0 aromatic heterocycles. The molecular formula is C20H19ClF4N4O2S. The molecule has 0 atom stereocenters. The van der Waals surface area contributed by atoms with Crippen LogP contribution in [0.5, 0.6) is 0 Å². The molecule has 1 N–H and O–H groups in total. The molecule has 2 aliphatic heterocycles. The number of benzene rings is 2. The summed E-state index contributed by atoms with van der Waals surface area (Å²) in [5, 5.41) is 3.30. The zero-order valence-corrected chi connectivity index (χ0v) is 18.2. The van der Waals surface area contributed by atoms with Crippen LogP contribution in [-0.2, 0) is 22.7 Å². The smallest absolute Gasteiger partial charge is 0.341 e. The zero-order valence-electron chi connectivity index (χ0n) is 16.7. The van der Waals surface area contributed by atoms with Crippen molar-refractivity contribution in [3.05, 3.63) is 58.4 Å². The van der Waals surface area contributed by atoms with Gasteiger partial charge in [0, 0.05) is 43.3 Å². The number of anilines is 1. The van der Waals surface area contributed by atoms with Crippen LogP contribution in [0, 0.1) is 5.82 Å². The first-order valence-corrected chi connectivity index (χ1v) is 11.5. The lowest BCUT2D eigenvalue weighted by Crippen LogP contribution is -2.48. The summed E-state index contributed by atoms with van der Waals surface area (Å²) in [6, 6.07) is 6.91. The van der Waals surface area contributed by atoms with E-state index in [0.29, 0.717) is 36.9 Å². The number of hydrogen-bond acceptors (Lipinski definition) is 5. The molecule has 0 spiro atoms. The number of hydrogen-bond donors (Lipinski definition) is 1. The van der Waals surface area contributed by atoms with Crippen molar-refractivity contribution in [3.63, 3.8) is 0 Å². The third-order valence-corrected chi connectivity index (χ3v) is 6.93. The normalized spacial score (nSPS) is 19.2. The van der Waals surface area contributed by atoms with Crippen LogP contribution in [0.4, 0.5) is 23.2 Å². The summed E-state index contributed by atoms with van der Waals surface area (Å²) in [7, 11) is -3.87. The van der Waals surface area contributed by atoms with E-state index < -0.39 is 27.6 Å². The first-order valence-electron chi connectivity index (χ1n) is 9.72. The first-order chi connectivity index (χ1) is 15.0. The van der Waals surface area contributed by atoms with Crippen molar-refractivity contribution in [1.29, 1.82) is 0 Å². The summed E-state index contributed by atoms with van der Waals surface area (Å²) in [6.45, 7) is 2.34. The highest BCUT2D eigenvalue weighted by Gasteiger charge is 2.32. The summed E-state index contributed by atoms with van der Waals surface area (Å²) >= 11 is 5.88. The molecule has 6 nitrogen and oxygen atoms in total. The maximum Gasteiger partial charge on any atom is 0.416 e. The van der Waals surface area contributed by atoms with Gasteiger partial charge in [0.15, 0.2) is 0 Å². The molecule has 0 bridgehead atoms. The highest BCUT2D eigenvalue weighted by atomic mass is 35.5. The summed E-state index contributed by atoms with van der Waals surface area (Å²) in [5.41, 5.74) is -0.484. The minimum atomic E-state index is -4.53. The number of piperazine rings is 1. The maximum atomic E-state index is 14.0. The molecule has 2 aromatic carbocycles. The van der Waals surface area contributed by atoms with Gasteiger partial charge in [-0.1, -0.05) is 11.6 Å². The Kier molecular flexibility index (Phi) is 6.19. The van der Waals surface area contributed by atoms with Crippen molar-refractivity contribution < 1.29 is 26.0 Å². The molecule has 2 aliphatic rings. The van der Waals surface area contributed by atoms with Crippen LogP contribution in [0.25, 0.3) is 0 Å². The van der Waals surface area contributed by atoms with E-state index in [1.54, 1.807) is 12.1 Å². The van der Waals surface area contributed by atoms with Gasteiger partial charge >= 0.3 is 6.18 Å². The largest absolute Gasteiger partial charge is 0.416 e. The molecule has 4 rings (SSSR count). The number of nitrogens with zero attached hydrogens (tertiary/aromatic N) is 3. The summed E-state index contributed by atoms with van der Waals surface area (Å²) < 4.78 is 81.5. The zero-order chi connectivity index (χ0) is 23.1. The third kappa shape index (κ3) is 5.06. The highest BCUT2D eigenvalue weighted by molar-refractivity contribution is 7.90. The van der Waals surface area contributed by atoms with Gasteiger partial charge in [-0.05, 0) is 36.4 Å². The van der Waals surface area contributed by atoms with E-state index in [0.717, 1.165) is 18.2 Å². The second kappa shape index (κ2) is 8.62. The van der Waals surface area contributed by atoms with Crippen molar-refractivity contribution in [3.8, 4) is 0 Å². The molecule has 32 heavy (non-hydrogen) atoms. The number of alkyl halides is 3. The molecule has 0 unspecified atom stereocenters. The average molecular weight is 491 g/mol. The second-order valence-corrected chi connectivity index (χ2v) is 9.64. The number of fused-ring (bicyclic) bond motifs is 1. The number of amidine groups is 1. The Balaban J connectivity index is 1.37. The quantitative estimate of drug-likeness (QED) is 0.660. The summed E-state index contributed by atoms with van der Waals surface area (Å²) in [4.78, 5) is 3.85. The summed E-state index contributed by atoms with van der Waals surface area (Å²) in [5.74, 6) is -0.401. The van der Waals surface area contributed by atoms with Crippen molar-refractivity contribution >= 4 is 33.1 Å². The SMILES string of the molecule is O=S1(=O)N=C(CN2CCN(Cc3cc(C(F)(F)F)ccc3F)CC2)Nc2ccc(Cl)cc21. The van der Waals surface area contributed by atoms with Crippen LogP contribution in [-0.4, -0.2) is 56.8 Å². The van der Waals surface area contributed by atoms with Crippen LogP contribution in [0.2, 0.25) is 5.02 Å². The second-order valence-electron chi connectivity index (χ2n) is 7.63. The molecule has 0 aliphatic carbocycles. The Morgan fingerprint density at radius 3 is 2.31 bits per heavy atom. The van der Waals surface area contributed by atoms with E-state index in [-0.39, 0.29) is 29.4 Å². The fourth-order valence-electron chi connectivity index (χ4n) is 3.68. The van der Waals surface area contributed by atoms with Gasteiger partial charge in [-0.25, -0.2) is 4.39 Å².